The summed E-state index contributed by atoms with van der Waals surface area (Å²) in [6.45, 7) is 9.59. The van der Waals surface area contributed by atoms with Gasteiger partial charge in [0.05, 0.1) is 0 Å². The second-order valence-electron chi connectivity index (χ2n) is 5.84. The molecule has 0 unspecified atom stereocenters. The molecule has 6 heteroatoms. The lowest BCUT2D eigenvalue weighted by molar-refractivity contribution is 0.565. The summed E-state index contributed by atoms with van der Waals surface area (Å²) in [6, 6.07) is 0.381. The Morgan fingerprint density at radius 3 is 2.43 bits per heavy atom. The van der Waals surface area contributed by atoms with Crippen LogP contribution >= 0.6 is 0 Å². The minimum atomic E-state index is 0.381. The van der Waals surface area contributed by atoms with Crippen LogP contribution in [0.15, 0.2) is 0 Å². The van der Waals surface area contributed by atoms with Gasteiger partial charge in [-0.15, -0.1) is 0 Å². The van der Waals surface area contributed by atoms with Crippen LogP contribution in [0.25, 0.3) is 0 Å². The van der Waals surface area contributed by atoms with Crippen LogP contribution in [0.3, 0.4) is 0 Å². The summed E-state index contributed by atoms with van der Waals surface area (Å²) in [6.07, 6.45) is 4.83. The Hall–Kier alpha value is -1.59. The fourth-order valence-corrected chi connectivity index (χ4v) is 2.66. The maximum Gasteiger partial charge on any atom is 0.232 e. The summed E-state index contributed by atoms with van der Waals surface area (Å²) < 4.78 is 0. The maximum absolute atomic E-state index is 4.73. The second-order valence-corrected chi connectivity index (χ2v) is 5.84. The van der Waals surface area contributed by atoms with E-state index in [0.717, 1.165) is 38.0 Å². The molecule has 6 nitrogen and oxygen atoms in total. The van der Waals surface area contributed by atoms with Gasteiger partial charge in [-0.05, 0) is 39.5 Å². The van der Waals surface area contributed by atoms with E-state index in [0.29, 0.717) is 12.0 Å². The first-order valence-corrected chi connectivity index (χ1v) is 8.11. The molecule has 118 valence electrons. The molecule has 0 atom stereocenters. The fraction of sp³-hybridized carbons (Fsp3) is 0.800. The molecule has 0 radical (unpaired) electrons. The predicted molar refractivity (Wildman–Crippen MR) is 88.2 cm³/mol. The van der Waals surface area contributed by atoms with Crippen molar-refractivity contribution in [1.29, 1.82) is 0 Å². The number of rotatable bonds is 6. The van der Waals surface area contributed by atoms with Crippen molar-refractivity contribution < 1.29 is 0 Å². The topological polar surface area (TPSA) is 57.2 Å². The van der Waals surface area contributed by atoms with Crippen molar-refractivity contribution in [2.75, 3.05) is 41.8 Å². The van der Waals surface area contributed by atoms with Crippen molar-refractivity contribution in [3.05, 3.63) is 0 Å². The van der Waals surface area contributed by atoms with Crippen molar-refractivity contribution in [2.45, 2.75) is 52.5 Å². The summed E-state index contributed by atoms with van der Waals surface area (Å²) in [5.74, 6) is 2.25. The Morgan fingerprint density at radius 2 is 1.86 bits per heavy atom. The number of piperidine rings is 1. The van der Waals surface area contributed by atoms with Crippen molar-refractivity contribution >= 4 is 17.8 Å². The van der Waals surface area contributed by atoms with Crippen LogP contribution in [0, 0.1) is 0 Å². The molecule has 21 heavy (non-hydrogen) atoms. The third-order valence-corrected chi connectivity index (χ3v) is 3.82. The second kappa shape index (κ2) is 7.43. The lowest BCUT2D eigenvalue weighted by Gasteiger charge is -2.30. The van der Waals surface area contributed by atoms with Crippen molar-refractivity contribution in [1.82, 2.24) is 15.0 Å². The lowest BCUT2D eigenvalue weighted by atomic mass is 10.1. The Labute approximate surface area is 128 Å². The first-order chi connectivity index (χ1) is 10.2. The van der Waals surface area contributed by atoms with Crippen LogP contribution in [0.5, 0.6) is 0 Å². The molecular weight excluding hydrogens is 264 g/mol. The molecule has 0 aromatic carbocycles. The molecule has 0 saturated carbocycles. The standard InChI is InChI=1S/C15H28N6/c1-5-9-21(12(2)3)15-18-13(16-4)17-14(19-15)20-10-7-6-8-11-20/h12H,5-11H2,1-4H3,(H,16,17,18,19). The average molecular weight is 292 g/mol. The monoisotopic (exact) mass is 292 g/mol. The molecular formula is C15H28N6. The molecule has 2 rings (SSSR count). The summed E-state index contributed by atoms with van der Waals surface area (Å²) in [5.41, 5.74) is 0. The minimum Gasteiger partial charge on any atom is -0.357 e. The Balaban J connectivity index is 2.31. The zero-order valence-electron chi connectivity index (χ0n) is 13.8. The maximum atomic E-state index is 4.73. The van der Waals surface area contributed by atoms with Gasteiger partial charge in [0.25, 0.3) is 0 Å². The number of nitrogens with one attached hydrogen (secondary N) is 1. The highest BCUT2D eigenvalue weighted by Gasteiger charge is 2.19. The first kappa shape index (κ1) is 15.8. The fourth-order valence-electron chi connectivity index (χ4n) is 2.66. The summed E-state index contributed by atoms with van der Waals surface area (Å²) in [4.78, 5) is 18.4. The largest absolute Gasteiger partial charge is 0.357 e. The first-order valence-electron chi connectivity index (χ1n) is 8.11. The molecule has 0 aliphatic carbocycles. The molecule has 0 bridgehead atoms. The number of nitrogens with zero attached hydrogens (tertiary/aromatic N) is 5. The molecule has 1 aromatic rings. The lowest BCUT2D eigenvalue weighted by Crippen LogP contribution is -2.35. The predicted octanol–water partition coefficient (Wildman–Crippen LogP) is 2.53. The van der Waals surface area contributed by atoms with Gasteiger partial charge in [-0.25, -0.2) is 0 Å². The molecule has 1 saturated heterocycles. The van der Waals surface area contributed by atoms with Crippen LogP contribution in [0.4, 0.5) is 17.8 Å². The van der Waals surface area contributed by atoms with Gasteiger partial charge in [0, 0.05) is 32.7 Å². The highest BCUT2D eigenvalue weighted by molar-refractivity contribution is 5.45. The molecule has 2 heterocycles. The number of aromatic nitrogens is 3. The summed E-state index contributed by atoms with van der Waals surface area (Å²) >= 11 is 0. The number of anilines is 3. The molecule has 1 aromatic heterocycles. The highest BCUT2D eigenvalue weighted by atomic mass is 15.4. The summed E-state index contributed by atoms with van der Waals surface area (Å²) in [5, 5.41) is 3.07. The normalized spacial score (nSPS) is 15.4. The van der Waals surface area contributed by atoms with Crippen LogP contribution in [-0.2, 0) is 0 Å². The van der Waals surface area contributed by atoms with E-state index < -0.39 is 0 Å². The smallest absolute Gasteiger partial charge is 0.232 e. The molecule has 1 aliphatic rings. The van der Waals surface area contributed by atoms with Crippen molar-refractivity contribution in [3.63, 3.8) is 0 Å². The van der Waals surface area contributed by atoms with Crippen LogP contribution in [0.2, 0.25) is 0 Å². The molecule has 1 N–H and O–H groups in total. The van der Waals surface area contributed by atoms with E-state index in [-0.39, 0.29) is 0 Å². The SMILES string of the molecule is CCCN(c1nc(NC)nc(N2CCCCC2)n1)C(C)C. The van der Waals surface area contributed by atoms with Crippen LogP contribution < -0.4 is 15.1 Å². The Kier molecular flexibility index (Phi) is 5.59. The van der Waals surface area contributed by atoms with Gasteiger partial charge in [-0.1, -0.05) is 6.92 Å². The van der Waals surface area contributed by atoms with Crippen molar-refractivity contribution in [3.8, 4) is 0 Å². The van der Waals surface area contributed by atoms with Gasteiger partial charge in [-0.2, -0.15) is 15.0 Å². The zero-order chi connectivity index (χ0) is 15.2. The molecule has 1 fully saturated rings. The van der Waals surface area contributed by atoms with E-state index in [2.05, 4.69) is 45.9 Å². The third kappa shape index (κ3) is 3.95. The van der Waals surface area contributed by atoms with Gasteiger partial charge in [0.15, 0.2) is 0 Å². The third-order valence-electron chi connectivity index (χ3n) is 3.82. The minimum absolute atomic E-state index is 0.381. The van der Waals surface area contributed by atoms with E-state index in [1.54, 1.807) is 0 Å². The van der Waals surface area contributed by atoms with Gasteiger partial charge in [-0.3, -0.25) is 0 Å². The van der Waals surface area contributed by atoms with E-state index in [1.165, 1.54) is 19.3 Å². The number of hydrogen-bond donors (Lipinski definition) is 1. The van der Waals surface area contributed by atoms with Crippen LogP contribution in [-0.4, -0.2) is 47.7 Å². The van der Waals surface area contributed by atoms with Gasteiger partial charge in [0.1, 0.15) is 0 Å². The van der Waals surface area contributed by atoms with E-state index in [4.69, 9.17) is 4.98 Å². The Bertz CT molecular complexity index is 442. The van der Waals surface area contributed by atoms with Gasteiger partial charge in [0.2, 0.25) is 17.8 Å². The Morgan fingerprint density at radius 1 is 1.14 bits per heavy atom. The zero-order valence-corrected chi connectivity index (χ0v) is 13.8. The molecule has 0 spiro atoms. The highest BCUT2D eigenvalue weighted by Crippen LogP contribution is 2.21. The van der Waals surface area contributed by atoms with E-state index in [9.17, 15) is 0 Å². The molecule has 0 amide bonds. The van der Waals surface area contributed by atoms with Gasteiger partial charge >= 0.3 is 0 Å². The van der Waals surface area contributed by atoms with E-state index >= 15 is 0 Å². The number of hydrogen-bond acceptors (Lipinski definition) is 6. The quantitative estimate of drug-likeness (QED) is 0.869. The van der Waals surface area contributed by atoms with E-state index in [1.807, 2.05) is 7.05 Å². The average Bonchev–Trinajstić information content (AvgIpc) is 2.52. The van der Waals surface area contributed by atoms with Crippen molar-refractivity contribution in [2.24, 2.45) is 0 Å². The summed E-state index contributed by atoms with van der Waals surface area (Å²) in [7, 11) is 1.86. The molecule has 1 aliphatic heterocycles. The van der Waals surface area contributed by atoms with Crippen LogP contribution in [0.1, 0.15) is 46.5 Å². The van der Waals surface area contributed by atoms with Gasteiger partial charge < -0.3 is 15.1 Å².